The summed E-state index contributed by atoms with van der Waals surface area (Å²) >= 11 is 0. The average molecular weight is 324 g/mol. The molecule has 0 aliphatic carbocycles. The molecule has 6 nitrogen and oxygen atoms in total. The Bertz CT molecular complexity index is 817. The zero-order chi connectivity index (χ0) is 17.1. The summed E-state index contributed by atoms with van der Waals surface area (Å²) in [6.07, 6.45) is 1.56. The van der Waals surface area contributed by atoms with Gasteiger partial charge in [-0.25, -0.2) is 0 Å². The predicted molar refractivity (Wildman–Crippen MR) is 91.7 cm³/mol. The lowest BCUT2D eigenvalue weighted by Crippen LogP contribution is -2.21. The topological polar surface area (TPSA) is 73.0 Å². The minimum Gasteiger partial charge on any atom is -0.461 e. The summed E-state index contributed by atoms with van der Waals surface area (Å²) in [6.45, 7) is 6.27. The van der Waals surface area contributed by atoms with E-state index in [1.54, 1.807) is 18.4 Å². The van der Waals surface area contributed by atoms with E-state index in [0.717, 1.165) is 5.56 Å². The molecule has 124 valence electrons. The Hall–Kier alpha value is -2.89. The number of carbonyl (C=O) groups is 1. The van der Waals surface area contributed by atoms with E-state index in [-0.39, 0.29) is 11.8 Å². The molecule has 1 aromatic carbocycles. The van der Waals surface area contributed by atoms with Gasteiger partial charge >= 0.3 is 0 Å². The lowest BCUT2D eigenvalue weighted by molar-refractivity contribution is 0.0841. The summed E-state index contributed by atoms with van der Waals surface area (Å²) in [4.78, 5) is 16.8. The molecule has 0 radical (unpaired) electrons. The molecular weight excluding hydrogens is 304 g/mol. The maximum absolute atomic E-state index is 12.4. The minimum absolute atomic E-state index is 0.119. The molecule has 0 spiro atoms. The fourth-order valence-corrected chi connectivity index (χ4v) is 2.22. The van der Waals surface area contributed by atoms with E-state index in [1.807, 2.05) is 32.9 Å². The summed E-state index contributed by atoms with van der Waals surface area (Å²) in [6, 6.07) is 11.7. The molecule has 0 saturated carbocycles. The highest BCUT2D eigenvalue weighted by molar-refractivity contribution is 5.82. The van der Waals surface area contributed by atoms with Crippen molar-refractivity contribution >= 4 is 11.9 Å². The van der Waals surface area contributed by atoms with Crippen LogP contribution in [0.15, 0.2) is 47.1 Å². The molecular formula is C18H20N4O2. The number of hydrogen-bond donors (Lipinski definition) is 1. The van der Waals surface area contributed by atoms with Crippen molar-refractivity contribution in [1.29, 1.82) is 0 Å². The Balaban J connectivity index is 1.87. The second-order valence-corrected chi connectivity index (χ2v) is 5.98. The third-order valence-corrected chi connectivity index (χ3v) is 3.62. The van der Waals surface area contributed by atoms with Gasteiger partial charge < -0.3 is 9.73 Å². The molecule has 3 rings (SSSR count). The highest BCUT2D eigenvalue weighted by Crippen LogP contribution is 2.19. The van der Waals surface area contributed by atoms with Crippen LogP contribution >= 0.6 is 0 Å². The molecule has 0 unspecified atom stereocenters. The Morgan fingerprint density at radius 1 is 1.25 bits per heavy atom. The number of aromatic nitrogens is 3. The number of nitrogens with one attached hydrogen (secondary N) is 1. The van der Waals surface area contributed by atoms with Crippen LogP contribution < -0.4 is 5.32 Å². The van der Waals surface area contributed by atoms with Gasteiger partial charge in [0.25, 0.3) is 5.91 Å². The van der Waals surface area contributed by atoms with E-state index in [1.165, 1.54) is 10.2 Å². The molecule has 0 aliphatic heterocycles. The smallest absolute Gasteiger partial charge is 0.252 e. The van der Waals surface area contributed by atoms with E-state index in [9.17, 15) is 4.79 Å². The van der Waals surface area contributed by atoms with Crippen molar-refractivity contribution in [2.45, 2.75) is 27.3 Å². The van der Waals surface area contributed by atoms with Gasteiger partial charge in [-0.3, -0.25) is 4.79 Å². The summed E-state index contributed by atoms with van der Waals surface area (Å²) in [5, 5.41) is 7.49. The first-order valence-corrected chi connectivity index (χ1v) is 7.89. The molecule has 2 aromatic heterocycles. The number of furan rings is 1. The number of benzene rings is 1. The van der Waals surface area contributed by atoms with Crippen LogP contribution in [0.2, 0.25) is 0 Å². The Labute approximate surface area is 140 Å². The molecule has 3 aromatic rings. The van der Waals surface area contributed by atoms with E-state index >= 15 is 0 Å². The van der Waals surface area contributed by atoms with Crippen LogP contribution in [0.5, 0.6) is 0 Å². The van der Waals surface area contributed by atoms with Gasteiger partial charge in [0, 0.05) is 12.5 Å². The lowest BCUT2D eigenvalue weighted by atomic mass is 10.1. The van der Waals surface area contributed by atoms with Crippen LogP contribution in [0.4, 0.5) is 5.95 Å². The molecule has 0 bridgehead atoms. The van der Waals surface area contributed by atoms with Crippen LogP contribution in [0.3, 0.4) is 0 Å². The van der Waals surface area contributed by atoms with Crippen molar-refractivity contribution in [3.63, 3.8) is 0 Å². The largest absolute Gasteiger partial charge is 0.461 e. The van der Waals surface area contributed by atoms with Gasteiger partial charge in [0.1, 0.15) is 0 Å². The van der Waals surface area contributed by atoms with E-state index < -0.39 is 0 Å². The zero-order valence-electron chi connectivity index (χ0n) is 14.0. The van der Waals surface area contributed by atoms with Crippen LogP contribution in [-0.4, -0.2) is 20.7 Å². The van der Waals surface area contributed by atoms with Crippen molar-refractivity contribution in [2.24, 2.45) is 5.92 Å². The Kier molecular flexibility index (Phi) is 4.46. The second kappa shape index (κ2) is 6.70. The molecule has 6 heteroatoms. The molecule has 0 fully saturated rings. The Morgan fingerprint density at radius 2 is 2.00 bits per heavy atom. The maximum atomic E-state index is 12.4. The van der Waals surface area contributed by atoms with Crippen molar-refractivity contribution in [1.82, 2.24) is 14.8 Å². The first kappa shape index (κ1) is 16.0. The minimum atomic E-state index is -0.184. The third-order valence-electron chi connectivity index (χ3n) is 3.62. The first-order chi connectivity index (χ1) is 11.5. The molecule has 24 heavy (non-hydrogen) atoms. The van der Waals surface area contributed by atoms with Crippen molar-refractivity contribution in [3.05, 3.63) is 53.8 Å². The molecule has 0 aliphatic rings. The number of aryl methyl sites for hydroxylation is 1. The first-order valence-electron chi connectivity index (χ1n) is 7.89. The number of anilines is 1. The van der Waals surface area contributed by atoms with E-state index in [4.69, 9.17) is 4.42 Å². The van der Waals surface area contributed by atoms with Gasteiger partial charge in [-0.05, 0) is 24.6 Å². The summed E-state index contributed by atoms with van der Waals surface area (Å²) in [5.74, 6) is 1.03. The molecule has 2 heterocycles. The van der Waals surface area contributed by atoms with Crippen molar-refractivity contribution < 1.29 is 9.21 Å². The van der Waals surface area contributed by atoms with Gasteiger partial charge in [0.2, 0.25) is 11.8 Å². The summed E-state index contributed by atoms with van der Waals surface area (Å²) in [5.41, 5.74) is 2.31. The van der Waals surface area contributed by atoms with Gasteiger partial charge in [-0.15, -0.1) is 5.10 Å². The molecule has 0 amide bonds. The SMILES string of the molecule is Cc1ccc(CNc2nc(-c3ccco3)nn2C(=O)C(C)C)cc1. The quantitative estimate of drug-likeness (QED) is 0.773. The van der Waals surface area contributed by atoms with Crippen molar-refractivity contribution in [2.75, 3.05) is 5.32 Å². The summed E-state index contributed by atoms with van der Waals surface area (Å²) in [7, 11) is 0. The fourth-order valence-electron chi connectivity index (χ4n) is 2.22. The standard InChI is InChI=1S/C18H20N4O2/c1-12(2)17(23)22-18(19-11-14-8-6-13(3)7-9-14)20-16(21-22)15-5-4-10-24-15/h4-10,12H,11H2,1-3H3,(H,19,20,21). The fraction of sp³-hybridized carbons (Fsp3) is 0.278. The van der Waals surface area contributed by atoms with Crippen LogP contribution in [-0.2, 0) is 6.54 Å². The number of rotatable bonds is 5. The Morgan fingerprint density at radius 3 is 2.62 bits per heavy atom. The molecule has 0 saturated heterocycles. The highest BCUT2D eigenvalue weighted by atomic mass is 16.3. The number of carbonyl (C=O) groups excluding carboxylic acids is 1. The van der Waals surface area contributed by atoms with Gasteiger partial charge in [0.15, 0.2) is 5.76 Å². The van der Waals surface area contributed by atoms with Gasteiger partial charge in [-0.2, -0.15) is 9.67 Å². The number of hydrogen-bond acceptors (Lipinski definition) is 5. The maximum Gasteiger partial charge on any atom is 0.252 e. The molecule has 0 atom stereocenters. The van der Waals surface area contributed by atoms with Crippen LogP contribution in [0.1, 0.15) is 29.8 Å². The van der Waals surface area contributed by atoms with E-state index in [2.05, 4.69) is 27.5 Å². The van der Waals surface area contributed by atoms with Crippen LogP contribution in [0.25, 0.3) is 11.6 Å². The molecule has 1 N–H and O–H groups in total. The second-order valence-electron chi connectivity index (χ2n) is 5.98. The zero-order valence-corrected chi connectivity index (χ0v) is 14.0. The summed E-state index contributed by atoms with van der Waals surface area (Å²) < 4.78 is 6.64. The van der Waals surface area contributed by atoms with Gasteiger partial charge in [-0.1, -0.05) is 43.7 Å². The monoisotopic (exact) mass is 324 g/mol. The highest BCUT2D eigenvalue weighted by Gasteiger charge is 2.20. The normalized spacial score (nSPS) is 11.0. The number of nitrogens with zero attached hydrogens (tertiary/aromatic N) is 3. The lowest BCUT2D eigenvalue weighted by Gasteiger charge is -2.09. The van der Waals surface area contributed by atoms with Crippen LogP contribution in [0, 0.1) is 12.8 Å². The predicted octanol–water partition coefficient (Wildman–Crippen LogP) is 3.75. The van der Waals surface area contributed by atoms with Gasteiger partial charge in [0.05, 0.1) is 6.26 Å². The van der Waals surface area contributed by atoms with Crippen molar-refractivity contribution in [3.8, 4) is 11.6 Å². The average Bonchev–Trinajstić information content (AvgIpc) is 3.23. The third kappa shape index (κ3) is 3.37. The van der Waals surface area contributed by atoms with E-state index in [0.29, 0.717) is 24.1 Å².